The number of hydrogen-bond acceptors (Lipinski definition) is 5. The van der Waals surface area contributed by atoms with Gasteiger partial charge in [0.05, 0.1) is 0 Å². The van der Waals surface area contributed by atoms with Crippen molar-refractivity contribution in [3.63, 3.8) is 0 Å². The normalized spacial score (nSPS) is 23.7. The maximum atomic E-state index is 12.4. The highest BCUT2D eigenvalue weighted by Crippen LogP contribution is 2.10. The van der Waals surface area contributed by atoms with E-state index >= 15 is 0 Å². The van der Waals surface area contributed by atoms with Crippen LogP contribution in [0.25, 0.3) is 0 Å². The van der Waals surface area contributed by atoms with E-state index in [0.717, 1.165) is 44.9 Å². The van der Waals surface area contributed by atoms with Gasteiger partial charge < -0.3 is 26.8 Å². The molecule has 6 N–H and O–H groups in total. The maximum absolute atomic E-state index is 12.4. The van der Waals surface area contributed by atoms with Gasteiger partial charge in [0.1, 0.15) is 12.1 Å². The van der Waals surface area contributed by atoms with Gasteiger partial charge in [-0.05, 0) is 25.7 Å². The minimum absolute atomic E-state index is 0.0615. The van der Waals surface area contributed by atoms with E-state index < -0.39 is 35.8 Å². The molecule has 31 heavy (non-hydrogen) atoms. The van der Waals surface area contributed by atoms with E-state index in [1.807, 2.05) is 0 Å². The third-order valence-electron chi connectivity index (χ3n) is 5.25. The molecular formula is C21H36N4O6. The number of hydrogen-bond donors (Lipinski definition) is 5. The standard InChI is InChI=1S/C21H36N4O6/c22-17(26)12-10-15-20(29)23-14-8-6-4-2-1-3-5-7-9-18(27)25-16(21(30)31)11-13-19(28)24-15/h15-16H,1-14H2,(H2,22,26)(H,23,29)(H,24,28)(H,25,27)(H,30,31)/t15-,16-/m0/s1. The summed E-state index contributed by atoms with van der Waals surface area (Å²) in [6.07, 6.45) is 7.62. The molecule has 1 heterocycles. The van der Waals surface area contributed by atoms with Gasteiger partial charge in [-0.25, -0.2) is 4.79 Å². The molecule has 0 unspecified atom stereocenters. The minimum Gasteiger partial charge on any atom is -0.480 e. The molecule has 1 fully saturated rings. The minimum atomic E-state index is -1.22. The van der Waals surface area contributed by atoms with E-state index in [0.29, 0.717) is 13.0 Å². The molecule has 0 bridgehead atoms. The predicted octanol–water partition coefficient (Wildman–Crippen LogP) is 0.727. The molecule has 1 rings (SSSR count). The van der Waals surface area contributed by atoms with E-state index in [2.05, 4.69) is 16.0 Å². The Hall–Kier alpha value is -2.65. The summed E-state index contributed by atoms with van der Waals surface area (Å²) >= 11 is 0. The second-order valence-corrected chi connectivity index (χ2v) is 7.99. The van der Waals surface area contributed by atoms with Crippen molar-refractivity contribution in [1.82, 2.24) is 16.0 Å². The summed E-state index contributed by atoms with van der Waals surface area (Å²) in [7, 11) is 0. The van der Waals surface area contributed by atoms with Crippen LogP contribution < -0.4 is 21.7 Å². The monoisotopic (exact) mass is 440 g/mol. The number of primary amides is 1. The van der Waals surface area contributed by atoms with Crippen molar-refractivity contribution < 1.29 is 29.1 Å². The second-order valence-electron chi connectivity index (χ2n) is 7.99. The average Bonchev–Trinajstić information content (AvgIpc) is 2.71. The van der Waals surface area contributed by atoms with Crippen LogP contribution in [-0.4, -0.2) is 53.3 Å². The Morgan fingerprint density at radius 1 is 0.871 bits per heavy atom. The fourth-order valence-corrected chi connectivity index (χ4v) is 3.43. The Balaban J connectivity index is 2.75. The van der Waals surface area contributed by atoms with Crippen LogP contribution in [0.3, 0.4) is 0 Å². The zero-order chi connectivity index (χ0) is 23.1. The number of carboxylic acids is 1. The van der Waals surface area contributed by atoms with Gasteiger partial charge >= 0.3 is 5.97 Å². The SMILES string of the molecule is NC(=O)CC[C@@H]1NC(=O)CC[C@@H](C(=O)O)NC(=O)CCCCCCCCCCNC1=O. The smallest absolute Gasteiger partial charge is 0.326 e. The number of aliphatic carboxylic acids is 1. The summed E-state index contributed by atoms with van der Waals surface area (Å²) in [6.45, 7) is 0.481. The highest BCUT2D eigenvalue weighted by Gasteiger charge is 2.24. The Kier molecular flexibility index (Phi) is 12.9. The molecule has 0 aliphatic carbocycles. The number of carboxylic acid groups (broad SMARTS) is 1. The van der Waals surface area contributed by atoms with E-state index in [1.54, 1.807) is 0 Å². The van der Waals surface area contributed by atoms with Crippen LogP contribution in [0.4, 0.5) is 0 Å². The third kappa shape index (κ3) is 12.6. The lowest BCUT2D eigenvalue weighted by Gasteiger charge is -2.19. The first-order valence-electron chi connectivity index (χ1n) is 11.2. The van der Waals surface area contributed by atoms with Crippen molar-refractivity contribution in [2.75, 3.05) is 6.54 Å². The van der Waals surface area contributed by atoms with E-state index in [1.165, 1.54) is 0 Å². The predicted molar refractivity (Wildman–Crippen MR) is 114 cm³/mol. The maximum Gasteiger partial charge on any atom is 0.326 e. The van der Waals surface area contributed by atoms with Crippen LogP contribution >= 0.6 is 0 Å². The number of carbonyl (C=O) groups is 5. The highest BCUT2D eigenvalue weighted by atomic mass is 16.4. The molecule has 176 valence electrons. The molecule has 0 saturated carbocycles. The summed E-state index contributed by atoms with van der Waals surface area (Å²) in [5.74, 6) is -3.07. The number of nitrogens with two attached hydrogens (primary N) is 1. The summed E-state index contributed by atoms with van der Waals surface area (Å²) in [4.78, 5) is 59.3. The second kappa shape index (κ2) is 15.2. The molecule has 1 aliphatic heterocycles. The average molecular weight is 441 g/mol. The first kappa shape index (κ1) is 26.4. The molecule has 1 aliphatic rings. The molecule has 1 saturated heterocycles. The molecule has 2 atom stereocenters. The largest absolute Gasteiger partial charge is 0.480 e. The Labute approximate surface area is 183 Å². The van der Waals surface area contributed by atoms with E-state index in [9.17, 15) is 29.1 Å². The van der Waals surface area contributed by atoms with E-state index in [4.69, 9.17) is 5.73 Å². The zero-order valence-corrected chi connectivity index (χ0v) is 18.1. The van der Waals surface area contributed by atoms with Gasteiger partial charge in [0.2, 0.25) is 23.6 Å². The van der Waals surface area contributed by atoms with Crippen LogP contribution in [0, 0.1) is 0 Å². The molecule has 0 spiro atoms. The van der Waals surface area contributed by atoms with Crippen molar-refractivity contribution in [2.24, 2.45) is 5.73 Å². The van der Waals surface area contributed by atoms with Crippen molar-refractivity contribution in [2.45, 2.75) is 95.6 Å². The molecular weight excluding hydrogens is 404 g/mol. The molecule has 0 aromatic rings. The van der Waals surface area contributed by atoms with Gasteiger partial charge in [0.15, 0.2) is 0 Å². The zero-order valence-electron chi connectivity index (χ0n) is 18.1. The van der Waals surface area contributed by atoms with Gasteiger partial charge in [-0.2, -0.15) is 0 Å². The summed E-state index contributed by atoms with van der Waals surface area (Å²) in [6, 6.07) is -2.11. The van der Waals surface area contributed by atoms with Gasteiger partial charge in [-0.1, -0.05) is 38.5 Å². The van der Waals surface area contributed by atoms with Gasteiger partial charge in [-0.15, -0.1) is 0 Å². The topological polar surface area (TPSA) is 168 Å². The number of rotatable bonds is 4. The van der Waals surface area contributed by atoms with Crippen LogP contribution in [0.2, 0.25) is 0 Å². The summed E-state index contributed by atoms with van der Waals surface area (Å²) in [5.41, 5.74) is 5.16. The van der Waals surface area contributed by atoms with Gasteiger partial charge in [0.25, 0.3) is 0 Å². The highest BCUT2D eigenvalue weighted by molar-refractivity contribution is 5.89. The molecule has 0 radical (unpaired) electrons. The van der Waals surface area contributed by atoms with Crippen molar-refractivity contribution >= 4 is 29.6 Å². The molecule has 10 heteroatoms. The van der Waals surface area contributed by atoms with Crippen LogP contribution in [0.5, 0.6) is 0 Å². The molecule has 4 amide bonds. The van der Waals surface area contributed by atoms with Crippen LogP contribution in [0.1, 0.15) is 83.5 Å². The molecule has 0 aromatic heterocycles. The first-order valence-corrected chi connectivity index (χ1v) is 11.2. The quantitative estimate of drug-likeness (QED) is 0.432. The van der Waals surface area contributed by atoms with Gasteiger partial charge in [0, 0.05) is 25.8 Å². The summed E-state index contributed by atoms with van der Waals surface area (Å²) < 4.78 is 0. The number of nitrogens with one attached hydrogen (secondary N) is 3. The summed E-state index contributed by atoms with van der Waals surface area (Å²) in [5, 5.41) is 17.1. The Morgan fingerprint density at radius 2 is 1.45 bits per heavy atom. The van der Waals surface area contributed by atoms with Crippen LogP contribution in [-0.2, 0) is 24.0 Å². The fraction of sp³-hybridized carbons (Fsp3) is 0.762. The van der Waals surface area contributed by atoms with Crippen LogP contribution in [0.15, 0.2) is 0 Å². The lowest BCUT2D eigenvalue weighted by atomic mass is 10.1. The number of amides is 4. The van der Waals surface area contributed by atoms with Crippen molar-refractivity contribution in [1.29, 1.82) is 0 Å². The fourth-order valence-electron chi connectivity index (χ4n) is 3.43. The molecule has 10 nitrogen and oxygen atoms in total. The third-order valence-corrected chi connectivity index (χ3v) is 5.25. The van der Waals surface area contributed by atoms with E-state index in [-0.39, 0.29) is 38.0 Å². The lowest BCUT2D eigenvalue weighted by Crippen LogP contribution is -2.48. The van der Waals surface area contributed by atoms with Gasteiger partial charge in [-0.3, -0.25) is 19.2 Å². The van der Waals surface area contributed by atoms with Crippen molar-refractivity contribution in [3.8, 4) is 0 Å². The van der Waals surface area contributed by atoms with Crippen molar-refractivity contribution in [3.05, 3.63) is 0 Å². The lowest BCUT2D eigenvalue weighted by molar-refractivity contribution is -0.142. The molecule has 0 aromatic carbocycles. The first-order chi connectivity index (χ1) is 14.8. The Bertz CT molecular complexity index is 625. The number of carbonyl (C=O) groups excluding carboxylic acids is 4. The Morgan fingerprint density at radius 3 is 2.06 bits per heavy atom.